The Kier molecular flexibility index (Phi) is 8.64. The number of allylic oxidation sites excluding steroid dienone is 1. The van der Waals surface area contributed by atoms with Gasteiger partial charge in [-0.1, -0.05) is 36.4 Å². The molecule has 0 unspecified atom stereocenters. The third-order valence-corrected chi connectivity index (χ3v) is 5.84. The topological polar surface area (TPSA) is 120 Å². The Morgan fingerprint density at radius 2 is 1.29 bits per heavy atom. The van der Waals surface area contributed by atoms with Gasteiger partial charge in [-0.25, -0.2) is 0 Å². The monoisotopic (exact) mass is 499 g/mol. The van der Waals surface area contributed by atoms with Crippen LogP contribution in [0.4, 0.5) is 28.4 Å². The number of nitriles is 2. The second-order valence-corrected chi connectivity index (χ2v) is 8.24. The standard InChI is InChI=1S/C30H25N7O/c1-2-37(17-18-38)26-13-11-25(12-14-26)34-36-30-16-15-29(27-5-3-4-6-28(27)30)35-33-24-9-7-22(8-10-24)19-23(20-31)21-32/h3-16,19,38H,2,17-18H2,1H3. The maximum Gasteiger partial charge on any atom is 0.130 e. The maximum atomic E-state index is 9.24. The highest BCUT2D eigenvalue weighted by Gasteiger charge is 2.06. The third-order valence-electron chi connectivity index (χ3n) is 5.84. The highest BCUT2D eigenvalue weighted by atomic mass is 16.3. The Morgan fingerprint density at radius 1 is 0.763 bits per heavy atom. The molecule has 0 radical (unpaired) electrons. The average molecular weight is 500 g/mol. The summed E-state index contributed by atoms with van der Waals surface area (Å²) in [5.74, 6) is 0. The minimum absolute atomic E-state index is 0.0429. The van der Waals surface area contributed by atoms with Crippen LogP contribution in [0.3, 0.4) is 0 Å². The molecule has 38 heavy (non-hydrogen) atoms. The quantitative estimate of drug-likeness (QED) is 0.186. The zero-order chi connectivity index (χ0) is 26.7. The minimum Gasteiger partial charge on any atom is -0.395 e. The molecule has 0 fully saturated rings. The fraction of sp³-hybridized carbons (Fsp3) is 0.133. The van der Waals surface area contributed by atoms with Crippen molar-refractivity contribution in [2.24, 2.45) is 20.5 Å². The molecule has 8 nitrogen and oxygen atoms in total. The Hall–Kier alpha value is -5.18. The summed E-state index contributed by atoms with van der Waals surface area (Å²) in [6, 6.07) is 30.1. The molecule has 4 aromatic carbocycles. The summed E-state index contributed by atoms with van der Waals surface area (Å²) in [5.41, 5.74) is 4.62. The van der Waals surface area contributed by atoms with Crippen LogP contribution in [-0.4, -0.2) is 24.8 Å². The van der Waals surface area contributed by atoms with Crippen molar-refractivity contribution in [2.75, 3.05) is 24.6 Å². The normalized spacial score (nSPS) is 10.9. The van der Waals surface area contributed by atoms with Gasteiger partial charge in [-0.2, -0.15) is 20.8 Å². The van der Waals surface area contributed by atoms with E-state index in [1.807, 2.05) is 72.8 Å². The lowest BCUT2D eigenvalue weighted by Crippen LogP contribution is -2.25. The van der Waals surface area contributed by atoms with Gasteiger partial charge in [-0.05, 0) is 67.1 Å². The van der Waals surface area contributed by atoms with Crippen molar-refractivity contribution >= 4 is 45.3 Å². The lowest BCUT2D eigenvalue weighted by molar-refractivity contribution is 0.302. The van der Waals surface area contributed by atoms with E-state index < -0.39 is 0 Å². The SMILES string of the molecule is CCN(CCO)c1ccc(N=Nc2ccc(N=Nc3ccc(C=C(C#N)C#N)cc3)c3ccccc23)cc1. The molecule has 0 bridgehead atoms. The first-order valence-corrected chi connectivity index (χ1v) is 12.1. The Labute approximate surface area is 221 Å². The zero-order valence-electron chi connectivity index (χ0n) is 20.9. The van der Waals surface area contributed by atoms with Gasteiger partial charge in [0.15, 0.2) is 0 Å². The number of nitrogens with zero attached hydrogens (tertiary/aromatic N) is 7. The third kappa shape index (κ3) is 6.33. The predicted molar refractivity (Wildman–Crippen MR) is 149 cm³/mol. The molecule has 0 spiro atoms. The van der Waals surface area contributed by atoms with E-state index in [1.54, 1.807) is 24.3 Å². The van der Waals surface area contributed by atoms with Gasteiger partial charge in [0, 0.05) is 29.5 Å². The van der Waals surface area contributed by atoms with Gasteiger partial charge in [0.05, 0.1) is 29.4 Å². The molecule has 4 aromatic rings. The molecule has 0 aliphatic heterocycles. The summed E-state index contributed by atoms with van der Waals surface area (Å²) in [6.45, 7) is 3.55. The Morgan fingerprint density at radius 3 is 1.76 bits per heavy atom. The van der Waals surface area contributed by atoms with Gasteiger partial charge in [-0.3, -0.25) is 0 Å². The molecular formula is C30H25N7O. The number of anilines is 1. The van der Waals surface area contributed by atoms with Gasteiger partial charge < -0.3 is 10.0 Å². The molecule has 4 rings (SSSR count). The lowest BCUT2D eigenvalue weighted by atomic mass is 10.1. The van der Waals surface area contributed by atoms with Crippen LogP contribution in [0, 0.1) is 22.7 Å². The summed E-state index contributed by atoms with van der Waals surface area (Å²) in [6.07, 6.45) is 1.52. The van der Waals surface area contributed by atoms with E-state index >= 15 is 0 Å². The molecule has 0 aliphatic carbocycles. The number of hydrogen-bond donors (Lipinski definition) is 1. The van der Waals surface area contributed by atoms with Crippen molar-refractivity contribution in [3.63, 3.8) is 0 Å². The second-order valence-electron chi connectivity index (χ2n) is 8.24. The van der Waals surface area contributed by atoms with Gasteiger partial charge >= 0.3 is 0 Å². The smallest absolute Gasteiger partial charge is 0.130 e. The van der Waals surface area contributed by atoms with E-state index in [0.29, 0.717) is 17.9 Å². The molecule has 0 saturated carbocycles. The van der Waals surface area contributed by atoms with E-state index in [4.69, 9.17) is 10.5 Å². The average Bonchev–Trinajstić information content (AvgIpc) is 2.97. The lowest BCUT2D eigenvalue weighted by Gasteiger charge is -2.21. The molecule has 186 valence electrons. The number of benzene rings is 4. The molecule has 1 N–H and O–H groups in total. The highest BCUT2D eigenvalue weighted by molar-refractivity contribution is 5.99. The first-order chi connectivity index (χ1) is 18.6. The largest absolute Gasteiger partial charge is 0.395 e. The molecule has 0 amide bonds. The van der Waals surface area contributed by atoms with Crippen molar-refractivity contribution < 1.29 is 5.11 Å². The molecule has 8 heteroatoms. The summed E-state index contributed by atoms with van der Waals surface area (Å²) < 4.78 is 0. The molecule has 0 saturated heterocycles. The molecule has 0 aliphatic rings. The van der Waals surface area contributed by atoms with Crippen LogP contribution >= 0.6 is 0 Å². The van der Waals surface area contributed by atoms with E-state index in [0.717, 1.165) is 39.9 Å². The van der Waals surface area contributed by atoms with Crippen LogP contribution in [0.15, 0.2) is 111 Å². The van der Waals surface area contributed by atoms with Gasteiger partial charge in [0.1, 0.15) is 17.7 Å². The zero-order valence-corrected chi connectivity index (χ0v) is 20.9. The van der Waals surface area contributed by atoms with Crippen molar-refractivity contribution in [1.82, 2.24) is 0 Å². The number of rotatable bonds is 9. The van der Waals surface area contributed by atoms with Crippen LogP contribution in [0.25, 0.3) is 16.8 Å². The molecule has 0 atom stereocenters. The van der Waals surface area contributed by atoms with Crippen molar-refractivity contribution in [1.29, 1.82) is 10.5 Å². The Balaban J connectivity index is 1.55. The second kappa shape index (κ2) is 12.7. The van der Waals surface area contributed by atoms with Gasteiger partial charge in [0.25, 0.3) is 0 Å². The van der Waals surface area contributed by atoms with E-state index in [2.05, 4.69) is 32.3 Å². The molecular weight excluding hydrogens is 474 g/mol. The summed E-state index contributed by atoms with van der Waals surface area (Å²) >= 11 is 0. The number of azo groups is 2. The first kappa shape index (κ1) is 25.9. The fourth-order valence-electron chi connectivity index (χ4n) is 3.88. The summed E-state index contributed by atoms with van der Waals surface area (Å²) in [5, 5.41) is 46.6. The fourth-order valence-corrected chi connectivity index (χ4v) is 3.88. The van der Waals surface area contributed by atoms with Gasteiger partial charge in [0.2, 0.25) is 0 Å². The predicted octanol–water partition coefficient (Wildman–Crippen LogP) is 7.92. The minimum atomic E-state index is 0.0429. The highest BCUT2D eigenvalue weighted by Crippen LogP contribution is 2.35. The molecule has 0 aromatic heterocycles. The van der Waals surface area contributed by atoms with Crippen LogP contribution in [0.5, 0.6) is 0 Å². The number of aliphatic hydroxyl groups excluding tert-OH is 1. The summed E-state index contributed by atoms with van der Waals surface area (Å²) in [4.78, 5) is 2.09. The van der Waals surface area contributed by atoms with Gasteiger partial charge in [-0.15, -0.1) is 10.2 Å². The van der Waals surface area contributed by atoms with E-state index in [1.165, 1.54) is 6.08 Å². The van der Waals surface area contributed by atoms with Crippen LogP contribution < -0.4 is 4.90 Å². The molecule has 0 heterocycles. The van der Waals surface area contributed by atoms with Crippen LogP contribution in [0.2, 0.25) is 0 Å². The van der Waals surface area contributed by atoms with E-state index in [-0.39, 0.29) is 12.2 Å². The maximum absolute atomic E-state index is 9.24. The van der Waals surface area contributed by atoms with Crippen molar-refractivity contribution in [2.45, 2.75) is 6.92 Å². The Bertz CT molecular complexity index is 1560. The van der Waals surface area contributed by atoms with Crippen molar-refractivity contribution in [3.8, 4) is 12.1 Å². The van der Waals surface area contributed by atoms with Crippen LogP contribution in [-0.2, 0) is 0 Å². The number of fused-ring (bicyclic) bond motifs is 1. The first-order valence-electron chi connectivity index (χ1n) is 12.1. The number of likely N-dealkylation sites (N-methyl/N-ethyl adjacent to an activating group) is 1. The van der Waals surface area contributed by atoms with Crippen LogP contribution in [0.1, 0.15) is 12.5 Å². The van der Waals surface area contributed by atoms with Crippen molar-refractivity contribution in [3.05, 3.63) is 96.1 Å². The number of hydrogen-bond acceptors (Lipinski definition) is 8. The summed E-state index contributed by atoms with van der Waals surface area (Å²) in [7, 11) is 0. The number of aliphatic hydroxyl groups is 1. The van der Waals surface area contributed by atoms with E-state index in [9.17, 15) is 5.11 Å².